The molecule has 0 saturated carbocycles. The number of carbonyl (C=O) groups is 2. The first-order valence-corrected chi connectivity index (χ1v) is 10.9. The van der Waals surface area contributed by atoms with Crippen molar-refractivity contribution in [2.45, 2.75) is 71.6 Å². The Morgan fingerprint density at radius 1 is 0.844 bits per heavy atom. The zero-order chi connectivity index (χ0) is 23.9. The van der Waals surface area contributed by atoms with Gasteiger partial charge in [-0.2, -0.15) is 0 Å². The van der Waals surface area contributed by atoms with Gasteiger partial charge in [0.15, 0.2) is 0 Å². The molecule has 2 aromatic carbocycles. The zero-order valence-corrected chi connectivity index (χ0v) is 20.0. The monoisotopic (exact) mass is 437 g/mol. The van der Waals surface area contributed by atoms with Crippen LogP contribution >= 0.6 is 0 Å². The molecule has 0 spiro atoms. The van der Waals surface area contributed by atoms with E-state index in [1.54, 1.807) is 0 Å². The van der Waals surface area contributed by atoms with Crippen LogP contribution in [-0.4, -0.2) is 29.3 Å². The van der Waals surface area contributed by atoms with Gasteiger partial charge in [0.1, 0.15) is 11.2 Å². The molecular formula is C27H35NO4. The number of nitrogens with one attached hydrogen (secondary N) is 1. The number of hydrogen-bond donors (Lipinski definition) is 1. The molecule has 172 valence electrons. The maximum atomic E-state index is 12.4. The molecule has 0 aliphatic heterocycles. The van der Waals surface area contributed by atoms with Crippen molar-refractivity contribution in [2.24, 2.45) is 0 Å². The van der Waals surface area contributed by atoms with E-state index >= 15 is 0 Å². The first kappa shape index (κ1) is 25.2. The number of hydrogen-bond acceptors (Lipinski definition) is 4. The van der Waals surface area contributed by atoms with E-state index in [1.165, 1.54) is 0 Å². The number of ether oxygens (including phenoxy) is 2. The lowest BCUT2D eigenvalue weighted by Crippen LogP contribution is -2.41. The number of alkyl carbamates (subject to hydrolysis) is 1. The third-order valence-electron chi connectivity index (χ3n) is 4.44. The Morgan fingerprint density at radius 3 is 1.91 bits per heavy atom. The van der Waals surface area contributed by atoms with Crippen LogP contribution in [-0.2, 0) is 20.7 Å². The van der Waals surface area contributed by atoms with Gasteiger partial charge >= 0.3 is 12.1 Å². The van der Waals surface area contributed by atoms with Gasteiger partial charge in [0, 0.05) is 11.6 Å². The second-order valence-corrected chi connectivity index (χ2v) is 9.92. The number of rotatable bonds is 7. The minimum Gasteiger partial charge on any atom is -0.457 e. The van der Waals surface area contributed by atoms with Gasteiger partial charge in [-0.15, -0.1) is 0 Å². The molecule has 0 aliphatic carbocycles. The molecule has 1 amide bonds. The quantitative estimate of drug-likeness (QED) is 0.421. The fourth-order valence-corrected chi connectivity index (χ4v) is 3.13. The lowest BCUT2D eigenvalue weighted by Gasteiger charge is -2.25. The molecule has 1 atom stereocenters. The molecule has 0 fully saturated rings. The maximum Gasteiger partial charge on any atom is 0.407 e. The van der Waals surface area contributed by atoms with E-state index < -0.39 is 23.3 Å². The largest absolute Gasteiger partial charge is 0.457 e. The predicted molar refractivity (Wildman–Crippen MR) is 128 cm³/mol. The van der Waals surface area contributed by atoms with Gasteiger partial charge in [0.05, 0.1) is 0 Å². The Labute approximate surface area is 191 Å². The number of carbonyl (C=O) groups excluding carboxylic acids is 2. The molecule has 0 radical (unpaired) electrons. The minimum absolute atomic E-state index is 0.259. The molecule has 0 aromatic heterocycles. The topological polar surface area (TPSA) is 64.6 Å². The van der Waals surface area contributed by atoms with E-state index in [2.05, 4.69) is 36.2 Å². The van der Waals surface area contributed by atoms with Crippen LogP contribution in [0.3, 0.4) is 0 Å². The zero-order valence-electron chi connectivity index (χ0n) is 20.0. The van der Waals surface area contributed by atoms with Gasteiger partial charge in [0.25, 0.3) is 0 Å². The van der Waals surface area contributed by atoms with Gasteiger partial charge in [-0.25, -0.2) is 9.59 Å². The molecule has 32 heavy (non-hydrogen) atoms. The van der Waals surface area contributed by atoms with Crippen molar-refractivity contribution < 1.29 is 19.1 Å². The Hall–Kier alpha value is -3.08. The highest BCUT2D eigenvalue weighted by Gasteiger charge is 2.24. The molecule has 1 unspecified atom stereocenters. The number of benzene rings is 2. The summed E-state index contributed by atoms with van der Waals surface area (Å²) in [6.07, 6.45) is 0.255. The van der Waals surface area contributed by atoms with Crippen LogP contribution in [0.15, 0.2) is 66.7 Å². The second kappa shape index (κ2) is 10.5. The van der Waals surface area contributed by atoms with Crippen molar-refractivity contribution in [3.8, 4) is 11.1 Å². The van der Waals surface area contributed by atoms with Crippen molar-refractivity contribution >= 4 is 12.1 Å². The lowest BCUT2D eigenvalue weighted by atomic mass is 9.97. The van der Waals surface area contributed by atoms with Gasteiger partial charge in [-0.05, 0) is 71.1 Å². The molecule has 1 N–H and O–H groups in total. The van der Waals surface area contributed by atoms with Crippen LogP contribution in [0, 0.1) is 0 Å². The van der Waals surface area contributed by atoms with E-state index in [1.807, 2.05) is 71.9 Å². The summed E-state index contributed by atoms with van der Waals surface area (Å²) in [5, 5.41) is 2.89. The number of amides is 1. The van der Waals surface area contributed by atoms with E-state index in [9.17, 15) is 9.59 Å². The Bertz CT molecular complexity index is 919. The van der Waals surface area contributed by atoms with Crippen molar-refractivity contribution in [2.75, 3.05) is 0 Å². The van der Waals surface area contributed by atoms with Crippen LogP contribution in [0.1, 0.15) is 53.5 Å². The molecule has 2 rings (SSSR count). The first-order valence-electron chi connectivity index (χ1n) is 10.9. The first-order chi connectivity index (χ1) is 14.8. The Kier molecular flexibility index (Phi) is 8.25. The van der Waals surface area contributed by atoms with E-state index in [0.717, 1.165) is 16.7 Å². The smallest absolute Gasteiger partial charge is 0.407 e. The van der Waals surface area contributed by atoms with Crippen molar-refractivity contribution in [3.63, 3.8) is 0 Å². The normalized spacial score (nSPS) is 12.6. The van der Waals surface area contributed by atoms with Crippen LogP contribution < -0.4 is 5.32 Å². The fraction of sp³-hybridized carbons (Fsp3) is 0.407. The average Bonchev–Trinajstić information content (AvgIpc) is 2.66. The second-order valence-electron chi connectivity index (χ2n) is 9.92. The highest BCUT2D eigenvalue weighted by atomic mass is 16.6. The molecule has 0 bridgehead atoms. The molecule has 0 aliphatic rings. The third kappa shape index (κ3) is 8.96. The predicted octanol–water partition coefficient (Wildman–Crippen LogP) is 6.08. The van der Waals surface area contributed by atoms with Crippen molar-refractivity contribution in [1.29, 1.82) is 0 Å². The highest BCUT2D eigenvalue weighted by molar-refractivity contribution is 5.88. The summed E-state index contributed by atoms with van der Waals surface area (Å²) in [5.41, 5.74) is 2.37. The standard InChI is InChI=1S/C27H35NO4/c1-19(24(29)31-26(2,3)4)17-23(28-25(30)32-27(5,6)7)18-20-13-15-22(16-14-20)21-11-9-8-10-12-21/h8-16,23H,1,17-18H2,2-7H3,(H,28,30). The fourth-order valence-electron chi connectivity index (χ4n) is 3.13. The Balaban J connectivity index is 2.13. The van der Waals surface area contributed by atoms with Crippen molar-refractivity contribution in [1.82, 2.24) is 5.32 Å². The summed E-state index contributed by atoms with van der Waals surface area (Å²) in [6.45, 7) is 14.7. The van der Waals surface area contributed by atoms with Gasteiger partial charge < -0.3 is 14.8 Å². The summed E-state index contributed by atoms with van der Waals surface area (Å²) in [5.74, 6) is -0.465. The van der Waals surface area contributed by atoms with E-state index in [-0.39, 0.29) is 12.5 Å². The molecule has 0 saturated heterocycles. The summed E-state index contributed by atoms with van der Waals surface area (Å²) in [6, 6.07) is 17.9. The minimum atomic E-state index is -0.617. The van der Waals surface area contributed by atoms with Crippen LogP contribution in [0.2, 0.25) is 0 Å². The summed E-state index contributed by atoms with van der Waals surface area (Å²) < 4.78 is 10.8. The van der Waals surface area contributed by atoms with Gasteiger partial charge in [0.2, 0.25) is 0 Å². The molecule has 5 nitrogen and oxygen atoms in total. The van der Waals surface area contributed by atoms with Crippen LogP contribution in [0.4, 0.5) is 4.79 Å². The summed E-state index contributed by atoms with van der Waals surface area (Å²) >= 11 is 0. The highest BCUT2D eigenvalue weighted by Crippen LogP contribution is 2.21. The molecule has 2 aromatic rings. The van der Waals surface area contributed by atoms with Crippen LogP contribution in [0.25, 0.3) is 11.1 Å². The van der Waals surface area contributed by atoms with Gasteiger partial charge in [-0.3, -0.25) is 0 Å². The summed E-state index contributed by atoms with van der Waals surface area (Å²) in [4.78, 5) is 24.8. The van der Waals surface area contributed by atoms with Gasteiger partial charge in [-0.1, -0.05) is 61.2 Å². The third-order valence-corrected chi connectivity index (χ3v) is 4.44. The van der Waals surface area contributed by atoms with Crippen molar-refractivity contribution in [3.05, 3.63) is 72.3 Å². The Morgan fingerprint density at radius 2 is 1.38 bits per heavy atom. The SMILES string of the molecule is C=C(CC(Cc1ccc(-c2ccccc2)cc1)NC(=O)OC(C)(C)C)C(=O)OC(C)(C)C. The molecule has 0 heterocycles. The molecule has 5 heteroatoms. The van der Waals surface area contributed by atoms with E-state index in [4.69, 9.17) is 9.47 Å². The summed E-state index contributed by atoms with van der Waals surface area (Å²) in [7, 11) is 0. The lowest BCUT2D eigenvalue weighted by molar-refractivity contribution is -0.150. The number of esters is 1. The molecular weight excluding hydrogens is 402 g/mol. The maximum absolute atomic E-state index is 12.4. The average molecular weight is 438 g/mol. The van der Waals surface area contributed by atoms with E-state index in [0.29, 0.717) is 12.0 Å². The van der Waals surface area contributed by atoms with Crippen LogP contribution in [0.5, 0.6) is 0 Å².